The van der Waals surface area contributed by atoms with Crippen LogP contribution in [0.5, 0.6) is 0 Å². The van der Waals surface area contributed by atoms with Crippen molar-refractivity contribution >= 4 is 23.4 Å². The molecule has 0 saturated heterocycles. The van der Waals surface area contributed by atoms with E-state index < -0.39 is 0 Å². The molecule has 0 radical (unpaired) electrons. The smallest absolute Gasteiger partial charge is 0.0533 e. The summed E-state index contributed by atoms with van der Waals surface area (Å²) in [4.78, 5) is 0. The molecule has 0 bridgehead atoms. The Kier molecular flexibility index (Phi) is 4.54. The lowest BCUT2D eigenvalue weighted by atomic mass is 10.4. The number of thioether (sulfide) groups is 1. The van der Waals surface area contributed by atoms with E-state index >= 15 is 0 Å². The maximum absolute atomic E-state index is 5.64. The highest BCUT2D eigenvalue weighted by Gasteiger charge is 1.95. The number of alkyl halides is 1. The molecule has 0 aliphatic heterocycles. The molecule has 4 heteroatoms. The molecule has 0 spiro atoms. The summed E-state index contributed by atoms with van der Waals surface area (Å²) >= 11 is 7.57. The van der Waals surface area contributed by atoms with Crippen LogP contribution in [0.15, 0.2) is 12.4 Å². The largest absolute Gasteiger partial charge is 0.272 e. The molecule has 2 nitrogen and oxygen atoms in total. The Morgan fingerprint density at radius 3 is 3.08 bits per heavy atom. The van der Waals surface area contributed by atoms with E-state index in [1.165, 1.54) is 5.75 Å². The summed E-state index contributed by atoms with van der Waals surface area (Å²) in [5.74, 6) is 2.85. The molecule has 68 valence electrons. The average Bonchev–Trinajstić information content (AvgIpc) is 2.53. The van der Waals surface area contributed by atoms with Gasteiger partial charge in [-0.25, -0.2) is 0 Å². The quantitative estimate of drug-likeness (QED) is 0.542. The van der Waals surface area contributed by atoms with Gasteiger partial charge in [-0.05, 0) is 5.75 Å². The minimum atomic E-state index is 0.556. The zero-order chi connectivity index (χ0) is 8.81. The third kappa shape index (κ3) is 3.07. The predicted molar refractivity (Wildman–Crippen MR) is 54.8 cm³/mol. The molecule has 0 amide bonds. The van der Waals surface area contributed by atoms with Gasteiger partial charge in [-0.3, -0.25) is 4.68 Å². The Morgan fingerprint density at radius 1 is 1.67 bits per heavy atom. The third-order valence-corrected chi connectivity index (χ3v) is 2.70. The molecule has 0 aliphatic carbocycles. The second-order valence-corrected chi connectivity index (χ2v) is 4.10. The molecule has 0 aromatic carbocycles. The first kappa shape index (κ1) is 9.93. The number of aryl methyl sites for hydroxylation is 1. The Hall–Kier alpha value is -0.150. The van der Waals surface area contributed by atoms with Crippen molar-refractivity contribution in [3.8, 4) is 0 Å². The lowest BCUT2D eigenvalue weighted by Gasteiger charge is -1.98. The van der Waals surface area contributed by atoms with Crippen molar-refractivity contribution in [2.75, 3.05) is 11.5 Å². The lowest BCUT2D eigenvalue weighted by Crippen LogP contribution is -2.00. The molecule has 1 heterocycles. The molecule has 1 aromatic heterocycles. The van der Waals surface area contributed by atoms with Crippen LogP contribution in [0, 0.1) is 0 Å². The van der Waals surface area contributed by atoms with E-state index in [1.54, 1.807) is 0 Å². The van der Waals surface area contributed by atoms with Gasteiger partial charge in [0.15, 0.2) is 0 Å². The maximum atomic E-state index is 5.64. The van der Waals surface area contributed by atoms with Crippen LogP contribution in [0.3, 0.4) is 0 Å². The van der Waals surface area contributed by atoms with Gasteiger partial charge in [0.2, 0.25) is 0 Å². The van der Waals surface area contributed by atoms with Crippen LogP contribution in [0.4, 0.5) is 0 Å². The third-order valence-electron chi connectivity index (χ3n) is 1.51. The molecular formula is C8H13ClN2S. The fourth-order valence-corrected chi connectivity index (χ4v) is 1.64. The molecule has 12 heavy (non-hydrogen) atoms. The summed E-state index contributed by atoms with van der Waals surface area (Å²) in [5, 5.41) is 4.18. The summed E-state index contributed by atoms with van der Waals surface area (Å²) in [6.07, 6.45) is 3.83. The van der Waals surface area contributed by atoms with Crippen molar-refractivity contribution < 1.29 is 0 Å². The van der Waals surface area contributed by atoms with Crippen LogP contribution < -0.4 is 0 Å². The van der Waals surface area contributed by atoms with Gasteiger partial charge in [-0.15, -0.1) is 11.6 Å². The van der Waals surface area contributed by atoms with E-state index in [4.69, 9.17) is 11.6 Å². The monoisotopic (exact) mass is 204 g/mol. The van der Waals surface area contributed by atoms with Crippen LogP contribution in [0.2, 0.25) is 0 Å². The molecule has 0 N–H and O–H groups in total. The van der Waals surface area contributed by atoms with Gasteiger partial charge in [-0.2, -0.15) is 16.9 Å². The van der Waals surface area contributed by atoms with E-state index in [9.17, 15) is 0 Å². The molecular weight excluding hydrogens is 192 g/mol. The summed E-state index contributed by atoms with van der Waals surface area (Å²) < 4.78 is 1.94. The fourth-order valence-electron chi connectivity index (χ4n) is 0.900. The van der Waals surface area contributed by atoms with Crippen LogP contribution in [-0.2, 0) is 12.4 Å². The summed E-state index contributed by atoms with van der Waals surface area (Å²) in [7, 11) is 0. The highest BCUT2D eigenvalue weighted by Crippen LogP contribution is 2.03. The zero-order valence-corrected chi connectivity index (χ0v) is 8.74. The second kappa shape index (κ2) is 5.49. The van der Waals surface area contributed by atoms with Gasteiger partial charge in [0.1, 0.15) is 0 Å². The number of nitrogens with zero attached hydrogens (tertiary/aromatic N) is 2. The maximum Gasteiger partial charge on any atom is 0.0533 e. The summed E-state index contributed by atoms with van der Waals surface area (Å²) in [6, 6.07) is 0. The minimum Gasteiger partial charge on any atom is -0.272 e. The minimum absolute atomic E-state index is 0.556. The second-order valence-electron chi connectivity index (χ2n) is 2.44. The number of rotatable bonds is 5. The summed E-state index contributed by atoms with van der Waals surface area (Å²) in [6.45, 7) is 3.15. The number of halogens is 1. The topological polar surface area (TPSA) is 17.8 Å². The Morgan fingerprint density at radius 2 is 2.50 bits per heavy atom. The van der Waals surface area contributed by atoms with E-state index in [1.807, 2.05) is 28.8 Å². The summed E-state index contributed by atoms with van der Waals surface area (Å²) in [5.41, 5.74) is 1.10. The van der Waals surface area contributed by atoms with Gasteiger partial charge in [0, 0.05) is 24.1 Å². The molecule has 0 fully saturated rings. The van der Waals surface area contributed by atoms with E-state index in [0.29, 0.717) is 5.88 Å². The number of hydrogen-bond acceptors (Lipinski definition) is 2. The molecule has 0 atom stereocenters. The SMILES string of the molecule is CCSCCn1cc(CCl)cn1. The highest BCUT2D eigenvalue weighted by molar-refractivity contribution is 7.99. The first-order valence-corrected chi connectivity index (χ1v) is 5.70. The molecule has 1 aromatic rings. The van der Waals surface area contributed by atoms with Crippen molar-refractivity contribution in [3.05, 3.63) is 18.0 Å². The van der Waals surface area contributed by atoms with Crippen molar-refractivity contribution in [1.82, 2.24) is 9.78 Å². The van der Waals surface area contributed by atoms with Gasteiger partial charge in [0.05, 0.1) is 12.1 Å². The Bertz CT molecular complexity index is 225. The van der Waals surface area contributed by atoms with Crippen molar-refractivity contribution in [3.63, 3.8) is 0 Å². The Labute approximate surface area is 82.3 Å². The lowest BCUT2D eigenvalue weighted by molar-refractivity contribution is 0.666. The van der Waals surface area contributed by atoms with E-state index in [0.717, 1.165) is 17.9 Å². The standard InChI is InChI=1S/C8H13ClN2S/c1-2-12-4-3-11-7-8(5-9)6-10-11/h6-7H,2-5H2,1H3. The van der Waals surface area contributed by atoms with Gasteiger partial charge in [0.25, 0.3) is 0 Å². The van der Waals surface area contributed by atoms with Crippen LogP contribution in [0.25, 0.3) is 0 Å². The predicted octanol–water partition coefficient (Wildman–Crippen LogP) is 2.38. The first-order valence-electron chi connectivity index (χ1n) is 4.02. The molecule has 0 unspecified atom stereocenters. The first-order chi connectivity index (χ1) is 5.86. The van der Waals surface area contributed by atoms with Gasteiger partial charge >= 0.3 is 0 Å². The van der Waals surface area contributed by atoms with Crippen LogP contribution in [-0.4, -0.2) is 21.3 Å². The van der Waals surface area contributed by atoms with Crippen molar-refractivity contribution in [2.24, 2.45) is 0 Å². The van der Waals surface area contributed by atoms with Gasteiger partial charge in [-0.1, -0.05) is 6.92 Å². The Balaban J connectivity index is 2.31. The van der Waals surface area contributed by atoms with Crippen LogP contribution >= 0.6 is 23.4 Å². The van der Waals surface area contributed by atoms with Crippen molar-refractivity contribution in [1.29, 1.82) is 0 Å². The molecule has 0 saturated carbocycles. The zero-order valence-electron chi connectivity index (χ0n) is 7.16. The van der Waals surface area contributed by atoms with E-state index in [2.05, 4.69) is 12.0 Å². The van der Waals surface area contributed by atoms with Crippen molar-refractivity contribution in [2.45, 2.75) is 19.3 Å². The number of aromatic nitrogens is 2. The fraction of sp³-hybridized carbons (Fsp3) is 0.625. The van der Waals surface area contributed by atoms with Gasteiger partial charge < -0.3 is 0 Å². The molecule has 1 rings (SSSR count). The van der Waals surface area contributed by atoms with E-state index in [-0.39, 0.29) is 0 Å². The molecule has 0 aliphatic rings. The highest BCUT2D eigenvalue weighted by atomic mass is 35.5. The number of hydrogen-bond donors (Lipinski definition) is 0. The average molecular weight is 205 g/mol. The normalized spacial score (nSPS) is 10.5. The van der Waals surface area contributed by atoms with Crippen LogP contribution in [0.1, 0.15) is 12.5 Å².